The van der Waals surface area contributed by atoms with E-state index >= 15 is 0 Å². The third-order valence-corrected chi connectivity index (χ3v) is 16.9. The summed E-state index contributed by atoms with van der Waals surface area (Å²) in [6, 6.07) is 103. The second-order valence-electron chi connectivity index (χ2n) is 21.1. The highest BCUT2D eigenvalue weighted by Gasteiger charge is 2.46. The molecule has 352 valence electrons. The molecule has 2 aliphatic rings. The van der Waals surface area contributed by atoms with Crippen LogP contribution in [0.25, 0.3) is 87.6 Å². The topological polar surface area (TPSA) is 3.24 Å². The standard InChI is InChI=1S/C74H51N/c1-73(2)68-35-19-17-34-62(68)66-44-53(40-42-69(66)73)75(54-39-41-63-61-33-18-20-36-70(61)74(71(63)45-54,51-23-5-3-6-24-51)52-25-7-4-8-26-52)72-47-65-60-32-16-14-30-58(60)57-29-13-15-31-59(57)64(65)46-67(72)56-28-12-11-27-55(56)50-38-37-48-21-9-10-22-49(48)43-50/h3-47H,1-2H3. The van der Waals surface area contributed by atoms with Gasteiger partial charge < -0.3 is 4.90 Å². The SMILES string of the molecule is CC1(C)c2ccccc2-c2cc(N(c3ccc4c(c3)C(c3ccccc3)(c3ccccc3)c3ccccc3-4)c3cc4c5ccccc5c5ccccc5c4cc3-c3ccccc3-c3ccc4ccccc4c3)ccc21. The Labute approximate surface area is 438 Å². The van der Waals surface area contributed by atoms with Crippen LogP contribution in [0.15, 0.2) is 273 Å². The van der Waals surface area contributed by atoms with Crippen molar-refractivity contribution in [2.24, 2.45) is 0 Å². The highest BCUT2D eigenvalue weighted by molar-refractivity contribution is 6.27. The summed E-state index contributed by atoms with van der Waals surface area (Å²) in [5.41, 5.74) is 20.2. The molecule has 0 atom stereocenters. The Kier molecular flexibility index (Phi) is 9.59. The molecule has 75 heavy (non-hydrogen) atoms. The molecule has 15 rings (SSSR count). The molecule has 0 radical (unpaired) electrons. The third-order valence-electron chi connectivity index (χ3n) is 16.9. The molecule has 0 fully saturated rings. The van der Waals surface area contributed by atoms with Crippen molar-refractivity contribution in [2.45, 2.75) is 24.7 Å². The monoisotopic (exact) mass is 953 g/mol. The highest BCUT2D eigenvalue weighted by atomic mass is 15.1. The molecule has 0 N–H and O–H groups in total. The van der Waals surface area contributed by atoms with E-state index in [0.29, 0.717) is 0 Å². The number of fused-ring (bicyclic) bond motifs is 13. The zero-order valence-electron chi connectivity index (χ0n) is 41.9. The van der Waals surface area contributed by atoms with Crippen LogP contribution in [-0.4, -0.2) is 0 Å². The summed E-state index contributed by atoms with van der Waals surface area (Å²) in [4.78, 5) is 2.59. The molecule has 2 aliphatic carbocycles. The second kappa shape index (κ2) is 16.6. The maximum Gasteiger partial charge on any atom is 0.0714 e. The Hall–Kier alpha value is -9.30. The summed E-state index contributed by atoms with van der Waals surface area (Å²) in [5, 5.41) is 9.91. The summed E-state index contributed by atoms with van der Waals surface area (Å²) >= 11 is 0. The van der Waals surface area contributed by atoms with Crippen molar-refractivity contribution in [2.75, 3.05) is 4.90 Å². The molecular weight excluding hydrogens is 903 g/mol. The minimum Gasteiger partial charge on any atom is -0.310 e. The molecule has 1 heteroatoms. The summed E-state index contributed by atoms with van der Waals surface area (Å²) in [5.74, 6) is 0. The van der Waals surface area contributed by atoms with Crippen LogP contribution in [0.3, 0.4) is 0 Å². The number of rotatable bonds is 7. The van der Waals surface area contributed by atoms with Gasteiger partial charge in [-0.1, -0.05) is 244 Å². The first-order chi connectivity index (χ1) is 37.0. The van der Waals surface area contributed by atoms with Crippen molar-refractivity contribution < 1.29 is 0 Å². The first kappa shape index (κ1) is 43.3. The molecular formula is C74H51N. The lowest BCUT2D eigenvalue weighted by molar-refractivity contribution is 0.660. The fourth-order valence-corrected chi connectivity index (χ4v) is 13.5. The van der Waals surface area contributed by atoms with E-state index in [1.165, 1.54) is 115 Å². The molecule has 0 bridgehead atoms. The van der Waals surface area contributed by atoms with Crippen molar-refractivity contribution in [1.29, 1.82) is 0 Å². The van der Waals surface area contributed by atoms with Gasteiger partial charge in [0.15, 0.2) is 0 Å². The van der Waals surface area contributed by atoms with Crippen molar-refractivity contribution >= 4 is 60.2 Å². The predicted molar refractivity (Wildman–Crippen MR) is 317 cm³/mol. The minimum absolute atomic E-state index is 0.146. The van der Waals surface area contributed by atoms with E-state index in [1.54, 1.807) is 0 Å². The van der Waals surface area contributed by atoms with Gasteiger partial charge in [0.05, 0.1) is 11.1 Å². The Balaban J connectivity index is 1.08. The number of hydrogen-bond acceptors (Lipinski definition) is 1. The molecule has 0 aliphatic heterocycles. The third kappa shape index (κ3) is 6.38. The maximum atomic E-state index is 2.59. The zero-order valence-corrected chi connectivity index (χ0v) is 41.9. The normalized spacial score (nSPS) is 13.7. The van der Waals surface area contributed by atoms with Gasteiger partial charge in [-0.3, -0.25) is 0 Å². The van der Waals surface area contributed by atoms with E-state index in [1.807, 2.05) is 0 Å². The zero-order chi connectivity index (χ0) is 49.8. The Morgan fingerprint density at radius 2 is 0.747 bits per heavy atom. The number of hydrogen-bond donors (Lipinski definition) is 0. The molecule has 13 aromatic rings. The summed E-state index contributed by atoms with van der Waals surface area (Å²) in [7, 11) is 0. The first-order valence-electron chi connectivity index (χ1n) is 26.3. The van der Waals surface area contributed by atoms with Crippen molar-refractivity contribution in [3.05, 3.63) is 306 Å². The van der Waals surface area contributed by atoms with Crippen LogP contribution in [-0.2, 0) is 10.8 Å². The minimum atomic E-state index is -0.582. The van der Waals surface area contributed by atoms with Gasteiger partial charge in [0.1, 0.15) is 0 Å². The first-order valence-corrected chi connectivity index (χ1v) is 26.3. The van der Waals surface area contributed by atoms with Gasteiger partial charge in [-0.2, -0.15) is 0 Å². The van der Waals surface area contributed by atoms with Crippen LogP contribution in [0.2, 0.25) is 0 Å². The van der Waals surface area contributed by atoms with Gasteiger partial charge in [-0.05, 0) is 158 Å². The number of benzene rings is 13. The lowest BCUT2D eigenvalue weighted by Crippen LogP contribution is -2.28. The molecule has 0 aromatic heterocycles. The molecule has 0 amide bonds. The lowest BCUT2D eigenvalue weighted by atomic mass is 9.67. The van der Waals surface area contributed by atoms with E-state index < -0.39 is 5.41 Å². The van der Waals surface area contributed by atoms with Crippen LogP contribution < -0.4 is 4.90 Å². The average molecular weight is 954 g/mol. The van der Waals surface area contributed by atoms with Gasteiger partial charge in [-0.25, -0.2) is 0 Å². The van der Waals surface area contributed by atoms with Crippen molar-refractivity contribution in [3.63, 3.8) is 0 Å². The largest absolute Gasteiger partial charge is 0.310 e. The van der Waals surface area contributed by atoms with Gasteiger partial charge in [-0.15, -0.1) is 0 Å². The molecule has 13 aromatic carbocycles. The van der Waals surface area contributed by atoms with Crippen molar-refractivity contribution in [3.8, 4) is 44.5 Å². The van der Waals surface area contributed by atoms with E-state index in [-0.39, 0.29) is 5.41 Å². The van der Waals surface area contributed by atoms with Gasteiger partial charge >= 0.3 is 0 Å². The van der Waals surface area contributed by atoms with E-state index in [0.717, 1.165) is 22.6 Å². The summed E-state index contributed by atoms with van der Waals surface area (Å²) < 4.78 is 0. The Morgan fingerprint density at radius 1 is 0.267 bits per heavy atom. The smallest absolute Gasteiger partial charge is 0.0714 e. The molecule has 0 saturated carbocycles. The highest BCUT2D eigenvalue weighted by Crippen LogP contribution is 2.59. The van der Waals surface area contributed by atoms with Gasteiger partial charge in [0.2, 0.25) is 0 Å². The molecule has 0 unspecified atom stereocenters. The van der Waals surface area contributed by atoms with E-state index in [4.69, 9.17) is 0 Å². The quantitative estimate of drug-likeness (QED) is 0.144. The second-order valence-corrected chi connectivity index (χ2v) is 21.1. The van der Waals surface area contributed by atoms with E-state index in [9.17, 15) is 0 Å². The predicted octanol–water partition coefficient (Wildman–Crippen LogP) is 19.8. The lowest BCUT2D eigenvalue weighted by Gasteiger charge is -2.35. The summed E-state index contributed by atoms with van der Waals surface area (Å²) in [6.07, 6.45) is 0. The molecule has 0 saturated heterocycles. The Morgan fingerprint density at radius 3 is 1.43 bits per heavy atom. The van der Waals surface area contributed by atoms with Crippen LogP contribution in [0.1, 0.15) is 47.2 Å². The van der Waals surface area contributed by atoms with Gasteiger partial charge in [0.25, 0.3) is 0 Å². The van der Waals surface area contributed by atoms with Crippen molar-refractivity contribution in [1.82, 2.24) is 0 Å². The van der Waals surface area contributed by atoms with Crippen LogP contribution in [0, 0.1) is 0 Å². The number of anilines is 3. The van der Waals surface area contributed by atoms with Gasteiger partial charge in [0, 0.05) is 22.4 Å². The van der Waals surface area contributed by atoms with E-state index in [2.05, 4.69) is 292 Å². The van der Waals surface area contributed by atoms with Crippen LogP contribution >= 0.6 is 0 Å². The van der Waals surface area contributed by atoms with Crippen LogP contribution in [0.5, 0.6) is 0 Å². The molecule has 0 heterocycles. The average Bonchev–Trinajstić information content (AvgIpc) is 3.94. The fraction of sp³-hybridized carbons (Fsp3) is 0.0541. The number of nitrogens with zero attached hydrogens (tertiary/aromatic N) is 1. The Bertz CT molecular complexity index is 4410. The fourth-order valence-electron chi connectivity index (χ4n) is 13.5. The van der Waals surface area contributed by atoms with Crippen LogP contribution in [0.4, 0.5) is 17.1 Å². The summed E-state index contributed by atoms with van der Waals surface area (Å²) in [6.45, 7) is 4.75. The molecule has 1 nitrogen and oxygen atoms in total. The molecule has 0 spiro atoms. The maximum absolute atomic E-state index is 2.59.